The molecule has 1 saturated heterocycles. The van der Waals surface area contributed by atoms with E-state index in [1.165, 1.54) is 10.6 Å². The molecule has 0 saturated carbocycles. The van der Waals surface area contributed by atoms with Crippen LogP contribution in [0.2, 0.25) is 0 Å². The van der Waals surface area contributed by atoms with Crippen LogP contribution in [-0.2, 0) is 22.5 Å². The summed E-state index contributed by atoms with van der Waals surface area (Å²) in [7, 11) is 1.73. The van der Waals surface area contributed by atoms with Gasteiger partial charge >= 0.3 is 0 Å². The Morgan fingerprint density at radius 2 is 2.19 bits per heavy atom. The minimum atomic E-state index is 0.672. The molecule has 1 aliphatic rings. The van der Waals surface area contributed by atoms with Gasteiger partial charge in [0.15, 0.2) is 5.13 Å². The largest absolute Gasteiger partial charge is 0.379 e. The first-order valence-electron chi connectivity index (χ1n) is 5.65. The lowest BCUT2D eigenvalue weighted by Crippen LogP contribution is -2.36. The van der Waals surface area contributed by atoms with Crippen LogP contribution < -0.4 is 4.90 Å². The summed E-state index contributed by atoms with van der Waals surface area (Å²) in [4.78, 5) is 8.23. The molecule has 4 nitrogen and oxygen atoms in total. The number of rotatable bonds is 4. The summed E-state index contributed by atoms with van der Waals surface area (Å²) in [6.07, 6.45) is 0.972. The minimum Gasteiger partial charge on any atom is -0.379 e. The molecule has 5 heteroatoms. The standard InChI is InChI=1S/C11H18N2O2S/c1-3-9-10(8-14-2)16-11(12-9)13-4-6-15-7-5-13/h3-8H2,1-2H3. The van der Waals surface area contributed by atoms with Crippen LogP contribution in [0.1, 0.15) is 17.5 Å². The molecule has 90 valence electrons. The van der Waals surface area contributed by atoms with Gasteiger partial charge in [-0.15, -0.1) is 0 Å². The van der Waals surface area contributed by atoms with Crippen LogP contribution in [0.15, 0.2) is 0 Å². The second kappa shape index (κ2) is 5.61. The Morgan fingerprint density at radius 1 is 1.44 bits per heavy atom. The number of anilines is 1. The van der Waals surface area contributed by atoms with Gasteiger partial charge in [-0.1, -0.05) is 18.3 Å². The maximum Gasteiger partial charge on any atom is 0.186 e. The molecular weight excluding hydrogens is 224 g/mol. The van der Waals surface area contributed by atoms with E-state index in [0.29, 0.717) is 6.61 Å². The fraction of sp³-hybridized carbons (Fsp3) is 0.727. The molecule has 16 heavy (non-hydrogen) atoms. The Balaban J connectivity index is 2.14. The van der Waals surface area contributed by atoms with Gasteiger partial charge in [0.25, 0.3) is 0 Å². The molecule has 0 bridgehead atoms. The molecular formula is C11H18N2O2S. The van der Waals surface area contributed by atoms with Crippen LogP contribution in [0.5, 0.6) is 0 Å². The van der Waals surface area contributed by atoms with Crippen LogP contribution in [0.4, 0.5) is 5.13 Å². The van der Waals surface area contributed by atoms with Crippen molar-refractivity contribution in [1.29, 1.82) is 0 Å². The monoisotopic (exact) mass is 242 g/mol. The third kappa shape index (κ3) is 2.53. The molecule has 1 fully saturated rings. The molecule has 0 spiro atoms. The van der Waals surface area contributed by atoms with E-state index in [0.717, 1.165) is 37.9 Å². The van der Waals surface area contributed by atoms with Crippen molar-refractivity contribution in [2.24, 2.45) is 0 Å². The number of nitrogens with zero attached hydrogens (tertiary/aromatic N) is 2. The lowest BCUT2D eigenvalue weighted by molar-refractivity contribution is 0.122. The first-order chi connectivity index (χ1) is 7.85. The number of aromatic nitrogens is 1. The predicted molar refractivity (Wildman–Crippen MR) is 65.2 cm³/mol. The van der Waals surface area contributed by atoms with E-state index in [1.54, 1.807) is 18.4 Å². The van der Waals surface area contributed by atoms with Crippen molar-refractivity contribution in [1.82, 2.24) is 4.98 Å². The van der Waals surface area contributed by atoms with E-state index in [-0.39, 0.29) is 0 Å². The highest BCUT2D eigenvalue weighted by Crippen LogP contribution is 2.27. The van der Waals surface area contributed by atoms with Gasteiger partial charge in [0.1, 0.15) is 0 Å². The van der Waals surface area contributed by atoms with Crippen molar-refractivity contribution >= 4 is 16.5 Å². The van der Waals surface area contributed by atoms with Gasteiger partial charge in [-0.3, -0.25) is 0 Å². The van der Waals surface area contributed by atoms with Crippen molar-refractivity contribution < 1.29 is 9.47 Å². The molecule has 0 aromatic carbocycles. The average Bonchev–Trinajstić information content (AvgIpc) is 2.74. The molecule has 1 aliphatic heterocycles. The molecule has 2 heterocycles. The molecule has 0 radical (unpaired) electrons. The van der Waals surface area contributed by atoms with Crippen LogP contribution in [0.3, 0.4) is 0 Å². The number of hydrogen-bond donors (Lipinski definition) is 0. The van der Waals surface area contributed by atoms with E-state index in [1.807, 2.05) is 0 Å². The number of hydrogen-bond acceptors (Lipinski definition) is 5. The smallest absolute Gasteiger partial charge is 0.186 e. The van der Waals surface area contributed by atoms with Gasteiger partial charge in [0.2, 0.25) is 0 Å². The van der Waals surface area contributed by atoms with E-state index in [2.05, 4.69) is 16.8 Å². The predicted octanol–water partition coefficient (Wildman–Crippen LogP) is 1.69. The molecule has 0 amide bonds. The SMILES string of the molecule is CCc1nc(N2CCOCC2)sc1COC. The van der Waals surface area contributed by atoms with Crippen LogP contribution >= 0.6 is 11.3 Å². The zero-order valence-electron chi connectivity index (χ0n) is 9.86. The summed E-state index contributed by atoms with van der Waals surface area (Å²) in [5.74, 6) is 0. The third-order valence-corrected chi connectivity index (χ3v) is 3.79. The molecule has 0 unspecified atom stereocenters. The van der Waals surface area contributed by atoms with Gasteiger partial charge in [-0.25, -0.2) is 4.98 Å². The van der Waals surface area contributed by atoms with Crippen LogP contribution in [-0.4, -0.2) is 38.4 Å². The lowest BCUT2D eigenvalue weighted by Gasteiger charge is -2.26. The number of morpholine rings is 1. The van der Waals surface area contributed by atoms with E-state index < -0.39 is 0 Å². The third-order valence-electron chi connectivity index (χ3n) is 2.66. The first-order valence-corrected chi connectivity index (χ1v) is 6.47. The number of ether oxygens (including phenoxy) is 2. The number of thiazole rings is 1. The quantitative estimate of drug-likeness (QED) is 0.804. The van der Waals surface area contributed by atoms with Crippen molar-refractivity contribution in [3.8, 4) is 0 Å². The van der Waals surface area contributed by atoms with Crippen molar-refractivity contribution in [3.05, 3.63) is 10.6 Å². The molecule has 0 aliphatic carbocycles. The highest BCUT2D eigenvalue weighted by Gasteiger charge is 2.17. The Hall–Kier alpha value is -0.650. The average molecular weight is 242 g/mol. The Labute approximate surface area is 100 Å². The number of aryl methyl sites for hydroxylation is 1. The normalized spacial score (nSPS) is 16.8. The van der Waals surface area contributed by atoms with Gasteiger partial charge in [0.05, 0.1) is 30.4 Å². The molecule has 0 atom stereocenters. The van der Waals surface area contributed by atoms with Gasteiger partial charge in [0, 0.05) is 20.2 Å². The molecule has 0 N–H and O–H groups in total. The summed E-state index contributed by atoms with van der Waals surface area (Å²) in [6, 6.07) is 0. The van der Waals surface area contributed by atoms with Crippen LogP contribution in [0.25, 0.3) is 0 Å². The maximum absolute atomic E-state index is 5.34. The minimum absolute atomic E-state index is 0.672. The summed E-state index contributed by atoms with van der Waals surface area (Å²) >= 11 is 1.75. The second-order valence-corrected chi connectivity index (χ2v) is 4.81. The highest BCUT2D eigenvalue weighted by atomic mass is 32.1. The summed E-state index contributed by atoms with van der Waals surface area (Å²) in [6.45, 7) is 6.32. The zero-order valence-corrected chi connectivity index (χ0v) is 10.7. The molecule has 1 aromatic heterocycles. The zero-order chi connectivity index (χ0) is 11.4. The van der Waals surface area contributed by atoms with Crippen LogP contribution in [0, 0.1) is 0 Å². The Morgan fingerprint density at radius 3 is 2.81 bits per heavy atom. The highest BCUT2D eigenvalue weighted by molar-refractivity contribution is 7.15. The number of methoxy groups -OCH3 is 1. The fourth-order valence-corrected chi connectivity index (χ4v) is 2.95. The fourth-order valence-electron chi connectivity index (χ4n) is 1.78. The van der Waals surface area contributed by atoms with Gasteiger partial charge < -0.3 is 14.4 Å². The topological polar surface area (TPSA) is 34.6 Å². The van der Waals surface area contributed by atoms with Crippen molar-refractivity contribution in [3.63, 3.8) is 0 Å². The Bertz CT molecular complexity index is 335. The Kier molecular flexibility index (Phi) is 4.15. The molecule has 2 rings (SSSR count). The van der Waals surface area contributed by atoms with E-state index >= 15 is 0 Å². The van der Waals surface area contributed by atoms with Gasteiger partial charge in [-0.05, 0) is 6.42 Å². The maximum atomic E-state index is 5.34. The molecule has 1 aromatic rings. The van der Waals surface area contributed by atoms with Crippen molar-refractivity contribution in [2.75, 3.05) is 38.3 Å². The van der Waals surface area contributed by atoms with E-state index in [9.17, 15) is 0 Å². The lowest BCUT2D eigenvalue weighted by atomic mass is 10.3. The summed E-state index contributed by atoms with van der Waals surface area (Å²) in [5, 5.41) is 1.12. The second-order valence-electron chi connectivity index (χ2n) is 3.75. The van der Waals surface area contributed by atoms with Gasteiger partial charge in [-0.2, -0.15) is 0 Å². The summed E-state index contributed by atoms with van der Waals surface area (Å²) < 4.78 is 10.5. The van der Waals surface area contributed by atoms with Crippen molar-refractivity contribution in [2.45, 2.75) is 20.0 Å². The first kappa shape index (κ1) is 11.8. The summed E-state index contributed by atoms with van der Waals surface area (Å²) in [5.41, 5.74) is 1.17. The van der Waals surface area contributed by atoms with E-state index in [4.69, 9.17) is 9.47 Å².